The molecule has 0 aliphatic carbocycles. The van der Waals surface area contributed by atoms with Crippen LogP contribution in [0.3, 0.4) is 0 Å². The number of aliphatic imine (C=N–C) groups is 1. The summed E-state index contributed by atoms with van der Waals surface area (Å²) >= 11 is 2.04. The summed E-state index contributed by atoms with van der Waals surface area (Å²) in [6, 6.07) is 0. The van der Waals surface area contributed by atoms with Crippen molar-refractivity contribution in [3.05, 3.63) is 0 Å². The zero-order valence-corrected chi connectivity index (χ0v) is 14.3. The maximum atomic E-state index is 6.25. The molecular weight excluding hydrogens is 300 g/mol. The van der Waals surface area contributed by atoms with E-state index in [1.54, 1.807) is 0 Å². The topological polar surface area (TPSA) is 63.3 Å². The van der Waals surface area contributed by atoms with Crippen LogP contribution in [0.25, 0.3) is 0 Å². The maximum Gasteiger partial charge on any atom is 0.191 e. The van der Waals surface area contributed by atoms with Gasteiger partial charge in [0.1, 0.15) is 0 Å². The van der Waals surface area contributed by atoms with E-state index in [-0.39, 0.29) is 11.6 Å². The average molecular weight is 328 g/mol. The summed E-state index contributed by atoms with van der Waals surface area (Å²) in [6.45, 7) is 9.03. The Labute approximate surface area is 137 Å². The van der Waals surface area contributed by atoms with Crippen LogP contribution in [0.5, 0.6) is 0 Å². The van der Waals surface area contributed by atoms with Crippen molar-refractivity contribution in [1.82, 2.24) is 9.80 Å². The third kappa shape index (κ3) is 3.69. The maximum absolute atomic E-state index is 6.25. The lowest BCUT2D eigenvalue weighted by Gasteiger charge is -2.42. The zero-order valence-electron chi connectivity index (χ0n) is 13.5. The second-order valence-corrected chi connectivity index (χ2v) is 7.53. The Morgan fingerprint density at radius 3 is 2.82 bits per heavy atom. The molecule has 3 saturated heterocycles. The molecule has 0 bridgehead atoms. The molecule has 6 nitrogen and oxygen atoms in total. The largest absolute Gasteiger partial charge is 0.379 e. The minimum absolute atomic E-state index is 0.178. The smallest absolute Gasteiger partial charge is 0.191 e. The fraction of sp³-hybridized carbons (Fsp3) is 0.933. The van der Waals surface area contributed by atoms with E-state index in [9.17, 15) is 0 Å². The predicted molar refractivity (Wildman–Crippen MR) is 90.5 cm³/mol. The number of hydrogen-bond acceptors (Lipinski definition) is 5. The van der Waals surface area contributed by atoms with Crippen LogP contribution in [-0.2, 0) is 9.47 Å². The molecule has 0 saturated carbocycles. The molecule has 3 aliphatic heterocycles. The van der Waals surface area contributed by atoms with Crippen LogP contribution < -0.4 is 5.73 Å². The highest BCUT2D eigenvalue weighted by atomic mass is 32.2. The second-order valence-electron chi connectivity index (χ2n) is 6.43. The molecule has 0 radical (unpaired) electrons. The van der Waals surface area contributed by atoms with Crippen molar-refractivity contribution >= 4 is 17.7 Å². The normalized spacial score (nSPS) is 35.0. The highest BCUT2D eigenvalue weighted by Crippen LogP contribution is 2.34. The Kier molecular flexibility index (Phi) is 5.49. The molecule has 7 heteroatoms. The highest BCUT2D eigenvalue weighted by Gasteiger charge is 2.40. The lowest BCUT2D eigenvalue weighted by atomic mass is 9.96. The Hall–Kier alpha value is -0.500. The van der Waals surface area contributed by atoms with Gasteiger partial charge in [-0.15, -0.1) is 0 Å². The van der Waals surface area contributed by atoms with Crippen molar-refractivity contribution < 1.29 is 9.47 Å². The third-order valence-electron chi connectivity index (χ3n) is 4.86. The molecule has 3 rings (SSSR count). The number of thioether (sulfide) groups is 1. The van der Waals surface area contributed by atoms with Crippen LogP contribution in [0, 0.1) is 0 Å². The first-order chi connectivity index (χ1) is 10.7. The fourth-order valence-corrected chi connectivity index (χ4v) is 4.93. The number of ether oxygens (including phenoxy) is 2. The van der Waals surface area contributed by atoms with Gasteiger partial charge in [-0.1, -0.05) is 0 Å². The number of nitrogens with zero attached hydrogens (tertiary/aromatic N) is 3. The van der Waals surface area contributed by atoms with Crippen LogP contribution in [-0.4, -0.2) is 91.5 Å². The number of nitrogens with two attached hydrogens (primary N) is 1. The zero-order chi connectivity index (χ0) is 15.4. The van der Waals surface area contributed by atoms with Gasteiger partial charge in [-0.05, 0) is 19.1 Å². The first-order valence-electron chi connectivity index (χ1n) is 8.27. The van der Waals surface area contributed by atoms with Gasteiger partial charge >= 0.3 is 0 Å². The van der Waals surface area contributed by atoms with Gasteiger partial charge in [0.25, 0.3) is 0 Å². The highest BCUT2D eigenvalue weighted by molar-refractivity contribution is 7.99. The summed E-state index contributed by atoms with van der Waals surface area (Å²) in [6.07, 6.45) is 1.44. The number of rotatable bonds is 3. The summed E-state index contributed by atoms with van der Waals surface area (Å²) in [5.41, 5.74) is 6.43. The molecule has 2 unspecified atom stereocenters. The molecule has 126 valence electrons. The molecule has 22 heavy (non-hydrogen) atoms. The van der Waals surface area contributed by atoms with Gasteiger partial charge in [-0.25, -0.2) is 0 Å². The van der Waals surface area contributed by atoms with E-state index in [2.05, 4.69) is 16.7 Å². The van der Waals surface area contributed by atoms with Gasteiger partial charge in [-0.2, -0.15) is 11.8 Å². The van der Waals surface area contributed by atoms with E-state index in [1.807, 2.05) is 11.8 Å². The summed E-state index contributed by atoms with van der Waals surface area (Å²) in [5.74, 6) is 3.06. The van der Waals surface area contributed by atoms with Gasteiger partial charge in [-0.3, -0.25) is 9.89 Å². The molecule has 0 amide bonds. The summed E-state index contributed by atoms with van der Waals surface area (Å²) < 4.78 is 11.1. The average Bonchev–Trinajstić information content (AvgIpc) is 3.04. The number of morpholine rings is 2. The molecule has 0 aromatic heterocycles. The number of guanidine groups is 1. The first kappa shape index (κ1) is 16.4. The van der Waals surface area contributed by atoms with Crippen molar-refractivity contribution in [2.24, 2.45) is 10.7 Å². The first-order valence-corrected chi connectivity index (χ1v) is 9.42. The fourth-order valence-electron chi connectivity index (χ4n) is 3.46. The van der Waals surface area contributed by atoms with E-state index in [0.717, 1.165) is 58.3 Å². The van der Waals surface area contributed by atoms with E-state index < -0.39 is 0 Å². The molecule has 3 aliphatic rings. The van der Waals surface area contributed by atoms with E-state index in [4.69, 9.17) is 20.2 Å². The van der Waals surface area contributed by atoms with E-state index >= 15 is 0 Å². The Bertz CT molecular complexity index is 395. The van der Waals surface area contributed by atoms with Crippen molar-refractivity contribution in [2.75, 3.05) is 64.1 Å². The van der Waals surface area contributed by atoms with Crippen molar-refractivity contribution in [2.45, 2.75) is 25.0 Å². The molecule has 2 atom stereocenters. The van der Waals surface area contributed by atoms with Crippen LogP contribution >= 0.6 is 11.8 Å². The monoisotopic (exact) mass is 328 g/mol. The van der Waals surface area contributed by atoms with Crippen LogP contribution in [0.4, 0.5) is 0 Å². The quantitative estimate of drug-likeness (QED) is 0.591. The van der Waals surface area contributed by atoms with Crippen molar-refractivity contribution in [3.8, 4) is 0 Å². The third-order valence-corrected chi connectivity index (χ3v) is 6.10. The SMILES string of the molecule is CC1CN(C(N)=NCC2(N3CCOCC3)CCSC2)CCO1. The predicted octanol–water partition coefficient (Wildman–Crippen LogP) is 0.230. The molecule has 3 heterocycles. The lowest BCUT2D eigenvalue weighted by Crippen LogP contribution is -2.56. The standard InChI is InChI=1S/C15H28N4O2S/c1-13-10-18(3-8-21-13)14(16)17-11-15(2-9-22-12-15)19-4-6-20-7-5-19/h13H,2-12H2,1H3,(H2,16,17). The second kappa shape index (κ2) is 7.38. The van der Waals surface area contributed by atoms with Crippen molar-refractivity contribution in [1.29, 1.82) is 0 Å². The molecule has 0 spiro atoms. The van der Waals surface area contributed by atoms with Gasteiger partial charge in [0.05, 0.1) is 38.0 Å². The lowest BCUT2D eigenvalue weighted by molar-refractivity contribution is -0.0109. The minimum atomic E-state index is 0.178. The molecule has 2 N–H and O–H groups in total. The molecule has 0 aromatic carbocycles. The summed E-state index contributed by atoms with van der Waals surface area (Å²) in [4.78, 5) is 9.52. The van der Waals surface area contributed by atoms with Crippen molar-refractivity contribution in [3.63, 3.8) is 0 Å². The molecule has 0 aromatic rings. The Morgan fingerprint density at radius 2 is 2.14 bits per heavy atom. The van der Waals surface area contributed by atoms with Crippen LogP contribution in [0.15, 0.2) is 4.99 Å². The van der Waals surface area contributed by atoms with E-state index in [0.29, 0.717) is 5.96 Å². The van der Waals surface area contributed by atoms with Gasteiger partial charge in [0.2, 0.25) is 0 Å². The van der Waals surface area contributed by atoms with Crippen LogP contribution in [0.1, 0.15) is 13.3 Å². The summed E-state index contributed by atoms with van der Waals surface area (Å²) in [7, 11) is 0. The Balaban J connectivity index is 1.64. The summed E-state index contributed by atoms with van der Waals surface area (Å²) in [5, 5.41) is 0. The number of hydrogen-bond donors (Lipinski definition) is 1. The Morgan fingerprint density at radius 1 is 1.32 bits per heavy atom. The molecule has 3 fully saturated rings. The van der Waals surface area contributed by atoms with E-state index in [1.165, 1.54) is 12.2 Å². The minimum Gasteiger partial charge on any atom is -0.379 e. The molecular formula is C15H28N4O2S. The van der Waals surface area contributed by atoms with Gasteiger partial charge in [0.15, 0.2) is 5.96 Å². The van der Waals surface area contributed by atoms with Crippen LogP contribution in [0.2, 0.25) is 0 Å². The van der Waals surface area contributed by atoms with Gasteiger partial charge in [0, 0.05) is 31.9 Å². The van der Waals surface area contributed by atoms with Gasteiger partial charge < -0.3 is 20.1 Å².